The number of rotatable bonds is 7. The van der Waals surface area contributed by atoms with Crippen molar-refractivity contribution in [1.29, 1.82) is 0 Å². The molecular formula is C17H16FN3O4S. The molecule has 9 heteroatoms. The lowest BCUT2D eigenvalue weighted by Gasteiger charge is -2.17. The summed E-state index contributed by atoms with van der Waals surface area (Å²) in [5, 5.41) is 8.01. The molecule has 0 aliphatic rings. The number of carbonyl (C=O) groups is 1. The predicted octanol–water partition coefficient (Wildman–Crippen LogP) is 3.23. The summed E-state index contributed by atoms with van der Waals surface area (Å²) in [6.07, 6.45) is 1.51. The maximum Gasteiger partial charge on any atom is 0.284 e. The number of hydrogen-bond donors (Lipinski definition) is 0. The number of amides is 1. The maximum absolute atomic E-state index is 13.7. The minimum Gasteiger partial charge on any atom is -0.494 e. The van der Waals surface area contributed by atoms with Gasteiger partial charge in [0.15, 0.2) is 17.3 Å². The third kappa shape index (κ3) is 4.23. The molecule has 1 amide bonds. The third-order valence-corrected chi connectivity index (χ3v) is 4.32. The summed E-state index contributed by atoms with van der Waals surface area (Å²) < 4.78 is 29.2. The second-order valence-corrected chi connectivity index (χ2v) is 6.28. The molecule has 0 bridgehead atoms. The van der Waals surface area contributed by atoms with Crippen molar-refractivity contribution in [3.8, 4) is 17.4 Å². The van der Waals surface area contributed by atoms with Crippen molar-refractivity contribution in [2.75, 3.05) is 19.9 Å². The lowest BCUT2D eigenvalue weighted by atomic mass is 10.2. The van der Waals surface area contributed by atoms with Crippen molar-refractivity contribution >= 4 is 17.7 Å². The third-order valence-electron chi connectivity index (χ3n) is 3.52. The molecule has 0 radical (unpaired) electrons. The largest absolute Gasteiger partial charge is 0.494 e. The van der Waals surface area contributed by atoms with Crippen molar-refractivity contribution in [2.24, 2.45) is 0 Å². The van der Waals surface area contributed by atoms with Crippen LogP contribution in [0.2, 0.25) is 0 Å². The fraction of sp³-hybridized carbons (Fsp3) is 0.235. The first-order chi connectivity index (χ1) is 12.6. The van der Waals surface area contributed by atoms with E-state index in [-0.39, 0.29) is 35.1 Å². The smallest absolute Gasteiger partial charge is 0.284 e. The van der Waals surface area contributed by atoms with Crippen LogP contribution in [-0.4, -0.2) is 40.9 Å². The maximum atomic E-state index is 13.7. The molecule has 1 aromatic carbocycles. The van der Waals surface area contributed by atoms with Crippen LogP contribution in [0.15, 0.2) is 50.7 Å². The van der Waals surface area contributed by atoms with Gasteiger partial charge in [0, 0.05) is 13.6 Å². The normalized spacial score (nSPS) is 10.7. The quantitative estimate of drug-likeness (QED) is 0.585. The Bertz CT molecular complexity index is 882. The molecule has 3 rings (SSSR count). The summed E-state index contributed by atoms with van der Waals surface area (Å²) in [5.41, 5.74) is 0.669. The van der Waals surface area contributed by atoms with Crippen LogP contribution >= 0.6 is 11.8 Å². The molecule has 0 aliphatic carbocycles. The number of furan rings is 1. The molecule has 7 nitrogen and oxygen atoms in total. The summed E-state index contributed by atoms with van der Waals surface area (Å²) in [6, 6.07) is 8.02. The van der Waals surface area contributed by atoms with Gasteiger partial charge in [0.2, 0.25) is 5.91 Å². The number of benzene rings is 1. The Hall–Kier alpha value is -2.81. The average molecular weight is 377 g/mol. The Morgan fingerprint density at radius 2 is 2.19 bits per heavy atom. The Balaban J connectivity index is 1.54. The van der Waals surface area contributed by atoms with Gasteiger partial charge in [-0.05, 0) is 29.8 Å². The van der Waals surface area contributed by atoms with Gasteiger partial charge in [-0.1, -0.05) is 17.8 Å². The van der Waals surface area contributed by atoms with Gasteiger partial charge in [0.05, 0.1) is 19.1 Å². The van der Waals surface area contributed by atoms with Crippen LogP contribution < -0.4 is 4.74 Å². The van der Waals surface area contributed by atoms with Gasteiger partial charge in [0.25, 0.3) is 11.1 Å². The molecule has 0 atom stereocenters. The van der Waals surface area contributed by atoms with Gasteiger partial charge in [-0.2, -0.15) is 0 Å². The molecule has 136 valence electrons. The Morgan fingerprint density at radius 1 is 1.35 bits per heavy atom. The molecule has 0 saturated heterocycles. The number of carbonyl (C=O) groups excluding carboxylic acids is 1. The van der Waals surface area contributed by atoms with E-state index in [4.69, 9.17) is 13.6 Å². The molecule has 0 unspecified atom stereocenters. The number of methoxy groups -OCH3 is 1. The van der Waals surface area contributed by atoms with E-state index in [1.165, 1.54) is 30.4 Å². The molecule has 3 aromatic rings. The number of aromatic nitrogens is 2. The second kappa shape index (κ2) is 8.05. The number of halogens is 1. The minimum absolute atomic E-state index is 0.120. The van der Waals surface area contributed by atoms with Crippen LogP contribution in [0.4, 0.5) is 4.39 Å². The monoisotopic (exact) mass is 377 g/mol. The molecule has 2 heterocycles. The van der Waals surface area contributed by atoms with Crippen molar-refractivity contribution in [2.45, 2.75) is 11.8 Å². The highest BCUT2D eigenvalue weighted by Crippen LogP contribution is 2.24. The Morgan fingerprint density at radius 3 is 2.88 bits per heavy atom. The van der Waals surface area contributed by atoms with Crippen molar-refractivity contribution in [3.63, 3.8) is 0 Å². The summed E-state index contributed by atoms with van der Waals surface area (Å²) >= 11 is 1.13. The molecule has 0 fully saturated rings. The van der Waals surface area contributed by atoms with Crippen LogP contribution in [0.25, 0.3) is 11.7 Å². The molecule has 0 spiro atoms. The van der Waals surface area contributed by atoms with Crippen molar-refractivity contribution in [1.82, 2.24) is 15.1 Å². The number of ether oxygens (including phenoxy) is 1. The summed E-state index contributed by atoms with van der Waals surface area (Å²) in [7, 11) is 3.05. The highest BCUT2D eigenvalue weighted by Gasteiger charge is 2.15. The van der Waals surface area contributed by atoms with E-state index in [1.54, 1.807) is 25.2 Å². The average Bonchev–Trinajstić information content (AvgIpc) is 3.31. The summed E-state index contributed by atoms with van der Waals surface area (Å²) in [6.45, 7) is 0.280. The van der Waals surface area contributed by atoms with E-state index in [0.717, 1.165) is 11.8 Å². The molecule has 0 aliphatic heterocycles. The number of thioether (sulfide) groups is 1. The minimum atomic E-state index is -0.462. The van der Waals surface area contributed by atoms with E-state index >= 15 is 0 Å². The van der Waals surface area contributed by atoms with Gasteiger partial charge in [-0.15, -0.1) is 10.2 Å². The standard InChI is InChI=1S/C17H16FN3O4S/c1-21(9-11-5-6-13(23-2)12(18)8-11)15(22)10-26-17-20-19-16(25-17)14-4-3-7-24-14/h3-8H,9-10H2,1-2H3. The van der Waals surface area contributed by atoms with Crippen LogP contribution in [0.3, 0.4) is 0 Å². The van der Waals surface area contributed by atoms with E-state index in [2.05, 4.69) is 10.2 Å². The lowest BCUT2D eigenvalue weighted by Crippen LogP contribution is -2.27. The van der Waals surface area contributed by atoms with Crippen LogP contribution in [0, 0.1) is 5.82 Å². The van der Waals surface area contributed by atoms with Gasteiger partial charge in [0.1, 0.15) is 0 Å². The molecule has 0 saturated carbocycles. The number of nitrogens with zero attached hydrogens (tertiary/aromatic N) is 3. The summed E-state index contributed by atoms with van der Waals surface area (Å²) in [5.74, 6) is 0.401. The van der Waals surface area contributed by atoms with E-state index in [1.807, 2.05) is 0 Å². The van der Waals surface area contributed by atoms with Gasteiger partial charge in [-0.3, -0.25) is 4.79 Å². The van der Waals surface area contributed by atoms with Crippen LogP contribution in [-0.2, 0) is 11.3 Å². The van der Waals surface area contributed by atoms with Gasteiger partial charge in [-0.25, -0.2) is 4.39 Å². The zero-order valence-electron chi connectivity index (χ0n) is 14.1. The van der Waals surface area contributed by atoms with Gasteiger partial charge >= 0.3 is 0 Å². The topological polar surface area (TPSA) is 81.6 Å². The molecule has 26 heavy (non-hydrogen) atoms. The lowest BCUT2D eigenvalue weighted by molar-refractivity contribution is -0.127. The Labute approximate surface area is 153 Å². The first-order valence-electron chi connectivity index (χ1n) is 7.63. The van der Waals surface area contributed by atoms with E-state index < -0.39 is 5.82 Å². The zero-order valence-corrected chi connectivity index (χ0v) is 15.0. The highest BCUT2D eigenvalue weighted by molar-refractivity contribution is 7.99. The van der Waals surface area contributed by atoms with Crippen molar-refractivity contribution in [3.05, 3.63) is 48.0 Å². The zero-order chi connectivity index (χ0) is 18.5. The first kappa shape index (κ1) is 18.0. The Kier molecular flexibility index (Phi) is 5.57. The molecule has 2 aromatic heterocycles. The predicted molar refractivity (Wildman–Crippen MR) is 92.2 cm³/mol. The fourth-order valence-electron chi connectivity index (χ4n) is 2.17. The summed E-state index contributed by atoms with van der Waals surface area (Å²) in [4.78, 5) is 13.7. The number of hydrogen-bond acceptors (Lipinski definition) is 7. The molecular weight excluding hydrogens is 361 g/mol. The SMILES string of the molecule is COc1ccc(CN(C)C(=O)CSc2nnc(-c3ccco3)o2)cc1F. The second-order valence-electron chi connectivity index (χ2n) is 5.36. The van der Waals surface area contributed by atoms with E-state index in [0.29, 0.717) is 11.3 Å². The van der Waals surface area contributed by atoms with Crippen molar-refractivity contribution < 1.29 is 22.8 Å². The molecule has 0 N–H and O–H groups in total. The highest BCUT2D eigenvalue weighted by atomic mass is 32.2. The van der Waals surface area contributed by atoms with Crippen LogP contribution in [0.1, 0.15) is 5.56 Å². The van der Waals surface area contributed by atoms with E-state index in [9.17, 15) is 9.18 Å². The first-order valence-corrected chi connectivity index (χ1v) is 8.62. The fourth-order valence-corrected chi connectivity index (χ4v) is 2.88. The van der Waals surface area contributed by atoms with Crippen LogP contribution in [0.5, 0.6) is 5.75 Å². The van der Waals surface area contributed by atoms with Gasteiger partial charge < -0.3 is 18.5 Å².